The Hall–Kier alpha value is -2.25. The van der Waals surface area contributed by atoms with Crippen LogP contribution in [0.5, 0.6) is 5.75 Å². The standard InChI is InChI=1S/C20H27F3N2O3/c1-28-17-6-2-4-16(12-17)13-24-18(26)8-7-15-5-3-11-25(14-15)19(27)9-10-20(21,22)23/h2,4,6,12,15H,3,5,7-11,13-14H2,1H3,(H,24,26)/t15-/m1/s1. The highest BCUT2D eigenvalue weighted by Crippen LogP contribution is 2.25. The molecular weight excluding hydrogens is 373 g/mol. The van der Waals surface area contributed by atoms with E-state index in [1.807, 2.05) is 24.3 Å². The number of nitrogens with one attached hydrogen (secondary N) is 1. The highest BCUT2D eigenvalue weighted by Gasteiger charge is 2.30. The fourth-order valence-corrected chi connectivity index (χ4v) is 3.34. The van der Waals surface area contributed by atoms with Gasteiger partial charge in [0.2, 0.25) is 11.8 Å². The second-order valence-electron chi connectivity index (χ2n) is 7.13. The summed E-state index contributed by atoms with van der Waals surface area (Å²) < 4.78 is 42.0. The number of nitrogens with zero attached hydrogens (tertiary/aromatic N) is 1. The van der Waals surface area contributed by atoms with Gasteiger partial charge in [-0.3, -0.25) is 9.59 Å². The van der Waals surface area contributed by atoms with E-state index in [0.29, 0.717) is 32.5 Å². The third-order valence-electron chi connectivity index (χ3n) is 4.90. The number of amides is 2. The summed E-state index contributed by atoms with van der Waals surface area (Å²) in [5, 5.41) is 2.86. The van der Waals surface area contributed by atoms with Crippen LogP contribution in [0.15, 0.2) is 24.3 Å². The first kappa shape index (κ1) is 22.0. The molecule has 0 radical (unpaired) electrons. The van der Waals surface area contributed by atoms with Gasteiger partial charge < -0.3 is 15.0 Å². The van der Waals surface area contributed by atoms with E-state index in [0.717, 1.165) is 24.2 Å². The van der Waals surface area contributed by atoms with Gasteiger partial charge in [0.25, 0.3) is 0 Å². The molecule has 28 heavy (non-hydrogen) atoms. The molecule has 1 N–H and O–H groups in total. The van der Waals surface area contributed by atoms with Crippen LogP contribution in [0.3, 0.4) is 0 Å². The molecule has 2 amide bonds. The van der Waals surface area contributed by atoms with E-state index in [1.165, 1.54) is 4.90 Å². The second kappa shape index (κ2) is 10.3. The quantitative estimate of drug-likeness (QED) is 0.724. The predicted octanol–water partition coefficient (Wildman–Crippen LogP) is 3.67. The van der Waals surface area contributed by atoms with Crippen molar-refractivity contribution < 1.29 is 27.5 Å². The van der Waals surface area contributed by atoms with Gasteiger partial charge in [-0.25, -0.2) is 0 Å². The Balaban J connectivity index is 1.71. The van der Waals surface area contributed by atoms with Crippen LogP contribution in [0.1, 0.15) is 44.1 Å². The number of rotatable bonds is 8. The minimum atomic E-state index is -4.31. The molecule has 5 nitrogen and oxygen atoms in total. The zero-order valence-electron chi connectivity index (χ0n) is 16.1. The van der Waals surface area contributed by atoms with Gasteiger partial charge in [-0.05, 0) is 42.9 Å². The van der Waals surface area contributed by atoms with Crippen molar-refractivity contribution in [3.05, 3.63) is 29.8 Å². The highest BCUT2D eigenvalue weighted by molar-refractivity contribution is 5.76. The van der Waals surface area contributed by atoms with Crippen molar-refractivity contribution in [1.82, 2.24) is 10.2 Å². The fraction of sp³-hybridized carbons (Fsp3) is 0.600. The van der Waals surface area contributed by atoms with Crippen LogP contribution in [0.4, 0.5) is 13.2 Å². The average molecular weight is 400 g/mol. The Bertz CT molecular complexity index is 664. The molecule has 1 saturated heterocycles. The molecule has 8 heteroatoms. The van der Waals surface area contributed by atoms with E-state index in [2.05, 4.69) is 5.32 Å². The molecule has 1 atom stereocenters. The van der Waals surface area contributed by atoms with Crippen LogP contribution >= 0.6 is 0 Å². The number of benzene rings is 1. The largest absolute Gasteiger partial charge is 0.497 e. The first-order chi connectivity index (χ1) is 13.3. The van der Waals surface area contributed by atoms with Gasteiger partial charge in [-0.15, -0.1) is 0 Å². The normalized spacial score (nSPS) is 17.3. The van der Waals surface area contributed by atoms with E-state index in [4.69, 9.17) is 4.74 Å². The minimum absolute atomic E-state index is 0.0802. The number of methoxy groups -OCH3 is 1. The van der Waals surface area contributed by atoms with Gasteiger partial charge in [-0.2, -0.15) is 13.2 Å². The zero-order chi connectivity index (χ0) is 20.6. The molecule has 1 aromatic carbocycles. The van der Waals surface area contributed by atoms with Gasteiger partial charge in [0.15, 0.2) is 0 Å². The van der Waals surface area contributed by atoms with E-state index < -0.39 is 24.9 Å². The fourth-order valence-electron chi connectivity index (χ4n) is 3.34. The lowest BCUT2D eigenvalue weighted by Crippen LogP contribution is -2.40. The lowest BCUT2D eigenvalue weighted by atomic mass is 9.93. The SMILES string of the molecule is COc1cccc(CNC(=O)CC[C@H]2CCCN(C(=O)CCC(F)(F)F)C2)c1. The molecule has 0 spiro atoms. The maximum Gasteiger partial charge on any atom is 0.389 e. The van der Waals surface area contributed by atoms with Gasteiger partial charge in [0, 0.05) is 32.5 Å². The Labute approximate surface area is 163 Å². The summed E-state index contributed by atoms with van der Waals surface area (Å²) in [7, 11) is 1.58. The molecule has 0 aromatic heterocycles. The summed E-state index contributed by atoms with van der Waals surface area (Å²) in [6.07, 6.45) is -3.31. The number of carbonyl (C=O) groups excluding carboxylic acids is 2. The summed E-state index contributed by atoms with van der Waals surface area (Å²) in [5.74, 6) is 0.336. The summed E-state index contributed by atoms with van der Waals surface area (Å²) in [6, 6.07) is 7.43. The van der Waals surface area contributed by atoms with E-state index >= 15 is 0 Å². The Morgan fingerprint density at radius 2 is 2.07 bits per heavy atom. The summed E-state index contributed by atoms with van der Waals surface area (Å²) in [4.78, 5) is 25.6. The van der Waals surface area contributed by atoms with Crippen LogP contribution in [0.2, 0.25) is 0 Å². The minimum Gasteiger partial charge on any atom is -0.497 e. The average Bonchev–Trinajstić information content (AvgIpc) is 2.68. The summed E-state index contributed by atoms with van der Waals surface area (Å²) >= 11 is 0. The van der Waals surface area contributed by atoms with Crippen LogP contribution in [0.25, 0.3) is 0 Å². The molecule has 0 unspecified atom stereocenters. The number of likely N-dealkylation sites (tertiary alicyclic amines) is 1. The summed E-state index contributed by atoms with van der Waals surface area (Å²) in [6.45, 7) is 1.33. The van der Waals surface area contributed by atoms with Gasteiger partial charge in [-0.1, -0.05) is 12.1 Å². The molecule has 1 aliphatic rings. The molecule has 156 valence electrons. The Kier molecular flexibility index (Phi) is 8.14. The number of hydrogen-bond acceptors (Lipinski definition) is 3. The first-order valence-electron chi connectivity index (χ1n) is 9.51. The zero-order valence-corrected chi connectivity index (χ0v) is 16.1. The number of hydrogen-bond donors (Lipinski definition) is 1. The third-order valence-corrected chi connectivity index (χ3v) is 4.90. The van der Waals surface area contributed by atoms with Gasteiger partial charge in [0.05, 0.1) is 13.5 Å². The molecule has 0 saturated carbocycles. The molecule has 0 bridgehead atoms. The lowest BCUT2D eigenvalue weighted by molar-refractivity contribution is -0.150. The Morgan fingerprint density at radius 3 is 2.79 bits per heavy atom. The molecule has 1 aromatic rings. The number of ether oxygens (including phenoxy) is 1. The van der Waals surface area contributed by atoms with E-state index in [9.17, 15) is 22.8 Å². The van der Waals surface area contributed by atoms with Crippen molar-refractivity contribution in [1.29, 1.82) is 0 Å². The van der Waals surface area contributed by atoms with Crippen molar-refractivity contribution in [3.63, 3.8) is 0 Å². The number of piperidine rings is 1. The van der Waals surface area contributed by atoms with Crippen LogP contribution in [-0.2, 0) is 16.1 Å². The highest BCUT2D eigenvalue weighted by atomic mass is 19.4. The second-order valence-corrected chi connectivity index (χ2v) is 7.13. The molecular formula is C20H27F3N2O3. The number of carbonyl (C=O) groups is 2. The van der Waals surface area contributed by atoms with Crippen molar-refractivity contribution >= 4 is 11.8 Å². The van der Waals surface area contributed by atoms with Crippen LogP contribution < -0.4 is 10.1 Å². The molecule has 1 aliphatic heterocycles. The maximum absolute atomic E-state index is 12.3. The maximum atomic E-state index is 12.3. The first-order valence-corrected chi connectivity index (χ1v) is 9.51. The van der Waals surface area contributed by atoms with E-state index in [-0.39, 0.29) is 11.8 Å². The van der Waals surface area contributed by atoms with Crippen molar-refractivity contribution in [2.45, 2.75) is 51.2 Å². The molecule has 0 aliphatic carbocycles. The smallest absolute Gasteiger partial charge is 0.389 e. The van der Waals surface area contributed by atoms with Gasteiger partial charge in [0.1, 0.15) is 5.75 Å². The Morgan fingerprint density at radius 1 is 1.29 bits per heavy atom. The number of alkyl halides is 3. The molecule has 1 heterocycles. The van der Waals surface area contributed by atoms with Crippen LogP contribution in [0, 0.1) is 5.92 Å². The van der Waals surface area contributed by atoms with Crippen molar-refractivity contribution in [3.8, 4) is 5.75 Å². The van der Waals surface area contributed by atoms with Crippen molar-refractivity contribution in [2.24, 2.45) is 5.92 Å². The van der Waals surface area contributed by atoms with Crippen molar-refractivity contribution in [2.75, 3.05) is 20.2 Å². The lowest BCUT2D eigenvalue weighted by Gasteiger charge is -2.33. The van der Waals surface area contributed by atoms with E-state index in [1.54, 1.807) is 7.11 Å². The molecule has 2 rings (SSSR count). The third kappa shape index (κ3) is 7.78. The predicted molar refractivity (Wildman–Crippen MR) is 98.7 cm³/mol. The van der Waals surface area contributed by atoms with Crippen LogP contribution in [-0.4, -0.2) is 43.1 Å². The number of halogens is 3. The van der Waals surface area contributed by atoms with Gasteiger partial charge >= 0.3 is 6.18 Å². The molecule has 1 fully saturated rings. The summed E-state index contributed by atoms with van der Waals surface area (Å²) in [5.41, 5.74) is 0.937. The monoisotopic (exact) mass is 400 g/mol. The topological polar surface area (TPSA) is 58.6 Å².